The van der Waals surface area contributed by atoms with Gasteiger partial charge in [-0.15, -0.1) is 0 Å². The molecule has 8 heteroatoms. The molecule has 2 aromatic carbocycles. The van der Waals surface area contributed by atoms with Crippen LogP contribution in [0.5, 0.6) is 11.5 Å². The molecular weight excluding hydrogens is 408 g/mol. The van der Waals surface area contributed by atoms with Gasteiger partial charge in [0.2, 0.25) is 5.91 Å². The Hall–Kier alpha value is -3.55. The summed E-state index contributed by atoms with van der Waals surface area (Å²) < 4.78 is 12.1. The minimum Gasteiger partial charge on any atom is -0.493 e. The van der Waals surface area contributed by atoms with Gasteiger partial charge in [0.05, 0.1) is 31.4 Å². The minimum absolute atomic E-state index is 0.130. The predicted octanol–water partition coefficient (Wildman–Crippen LogP) is 2.54. The Morgan fingerprint density at radius 1 is 1.00 bits per heavy atom. The van der Waals surface area contributed by atoms with Crippen molar-refractivity contribution in [1.82, 2.24) is 14.5 Å². The van der Waals surface area contributed by atoms with Crippen LogP contribution in [0.15, 0.2) is 53.6 Å². The second-order valence-corrected chi connectivity index (χ2v) is 7.77. The molecule has 1 aliphatic heterocycles. The SMILES string of the molecule is COc1cc2ncn(CCCC(=O)N3CCN(c4ccccc4)CC3)c(=O)c2cc1OC. The van der Waals surface area contributed by atoms with Crippen molar-refractivity contribution in [2.24, 2.45) is 0 Å². The van der Waals surface area contributed by atoms with E-state index in [1.54, 1.807) is 23.8 Å². The van der Waals surface area contributed by atoms with Crippen LogP contribution >= 0.6 is 0 Å². The van der Waals surface area contributed by atoms with Crippen LogP contribution in [0, 0.1) is 0 Å². The number of para-hydroxylation sites is 1. The first-order chi connectivity index (χ1) is 15.6. The van der Waals surface area contributed by atoms with Gasteiger partial charge in [0.1, 0.15) is 0 Å². The highest BCUT2D eigenvalue weighted by Gasteiger charge is 2.21. The number of nitrogens with zero attached hydrogens (tertiary/aromatic N) is 4. The molecule has 32 heavy (non-hydrogen) atoms. The van der Waals surface area contributed by atoms with Crippen LogP contribution in [-0.4, -0.2) is 60.8 Å². The van der Waals surface area contributed by atoms with Gasteiger partial charge in [0, 0.05) is 50.9 Å². The Balaban J connectivity index is 1.34. The number of aryl methyl sites for hydroxylation is 1. The van der Waals surface area contributed by atoms with Gasteiger partial charge in [-0.25, -0.2) is 4.98 Å². The summed E-state index contributed by atoms with van der Waals surface area (Å²) in [5.41, 5.74) is 1.59. The molecule has 0 saturated carbocycles. The normalized spacial score (nSPS) is 13.9. The van der Waals surface area contributed by atoms with E-state index in [9.17, 15) is 9.59 Å². The van der Waals surface area contributed by atoms with Crippen LogP contribution < -0.4 is 19.9 Å². The Labute approximate surface area is 187 Å². The molecule has 1 amide bonds. The number of hydrogen-bond acceptors (Lipinski definition) is 6. The number of anilines is 1. The van der Waals surface area contributed by atoms with Gasteiger partial charge in [0.15, 0.2) is 11.5 Å². The maximum atomic E-state index is 12.9. The quantitative estimate of drug-likeness (QED) is 0.567. The first-order valence-electron chi connectivity index (χ1n) is 10.8. The van der Waals surface area contributed by atoms with E-state index in [-0.39, 0.29) is 11.5 Å². The van der Waals surface area contributed by atoms with Gasteiger partial charge < -0.3 is 19.3 Å². The number of amides is 1. The van der Waals surface area contributed by atoms with Crippen LogP contribution in [0.3, 0.4) is 0 Å². The number of benzene rings is 2. The summed E-state index contributed by atoms with van der Waals surface area (Å²) in [6.45, 7) is 3.52. The number of hydrogen-bond donors (Lipinski definition) is 0. The molecule has 0 spiro atoms. The summed E-state index contributed by atoms with van der Waals surface area (Å²) in [5, 5.41) is 0.466. The summed E-state index contributed by atoms with van der Waals surface area (Å²) in [6.07, 6.45) is 2.51. The topological polar surface area (TPSA) is 76.9 Å². The Bertz CT molecular complexity index is 1140. The average Bonchev–Trinajstić information content (AvgIpc) is 2.85. The van der Waals surface area contributed by atoms with Gasteiger partial charge in [-0.2, -0.15) is 0 Å². The minimum atomic E-state index is -0.153. The number of rotatable bonds is 7. The zero-order chi connectivity index (χ0) is 22.5. The standard InChI is InChI=1S/C24H28N4O4/c1-31-21-15-19-20(16-22(21)32-2)25-17-28(24(19)30)10-6-9-23(29)27-13-11-26(12-14-27)18-7-4-3-5-8-18/h3-5,7-8,15-17H,6,9-14H2,1-2H3. The zero-order valence-corrected chi connectivity index (χ0v) is 18.5. The van der Waals surface area contributed by atoms with Crippen LogP contribution in [0.2, 0.25) is 0 Å². The van der Waals surface area contributed by atoms with Crippen LogP contribution in [0.25, 0.3) is 10.9 Å². The van der Waals surface area contributed by atoms with E-state index in [2.05, 4.69) is 22.0 Å². The molecule has 1 saturated heterocycles. The predicted molar refractivity (Wildman–Crippen MR) is 124 cm³/mol. The fourth-order valence-corrected chi connectivity index (χ4v) is 4.06. The molecule has 1 aliphatic rings. The summed E-state index contributed by atoms with van der Waals surface area (Å²) in [4.78, 5) is 34.1. The fourth-order valence-electron chi connectivity index (χ4n) is 4.06. The van der Waals surface area contributed by atoms with Gasteiger partial charge in [-0.1, -0.05) is 18.2 Å². The molecule has 0 unspecified atom stereocenters. The lowest BCUT2D eigenvalue weighted by molar-refractivity contribution is -0.131. The number of aromatic nitrogens is 2. The molecule has 0 bridgehead atoms. The molecule has 2 heterocycles. The third kappa shape index (κ3) is 4.54. The summed E-state index contributed by atoms with van der Waals surface area (Å²) in [6, 6.07) is 13.6. The second kappa shape index (κ2) is 9.72. The van der Waals surface area contributed by atoms with Gasteiger partial charge in [-0.05, 0) is 24.6 Å². The molecule has 8 nitrogen and oxygen atoms in total. The third-order valence-corrected chi connectivity index (χ3v) is 5.87. The van der Waals surface area contributed by atoms with E-state index in [0.29, 0.717) is 54.9 Å². The maximum absolute atomic E-state index is 12.9. The fraction of sp³-hybridized carbons (Fsp3) is 0.375. The summed E-state index contributed by atoms with van der Waals surface area (Å²) in [5.74, 6) is 1.15. The number of ether oxygens (including phenoxy) is 2. The van der Waals surface area contributed by atoms with Crippen LogP contribution in [0.1, 0.15) is 12.8 Å². The van der Waals surface area contributed by atoms with Gasteiger partial charge >= 0.3 is 0 Å². The van der Waals surface area contributed by atoms with Crippen molar-refractivity contribution in [3.63, 3.8) is 0 Å². The van der Waals surface area contributed by atoms with E-state index in [1.807, 2.05) is 23.1 Å². The zero-order valence-electron chi connectivity index (χ0n) is 18.5. The molecule has 0 atom stereocenters. The summed E-state index contributed by atoms with van der Waals surface area (Å²) >= 11 is 0. The molecule has 3 aromatic rings. The highest BCUT2D eigenvalue weighted by Crippen LogP contribution is 2.29. The van der Waals surface area contributed by atoms with E-state index < -0.39 is 0 Å². The van der Waals surface area contributed by atoms with Gasteiger partial charge in [0.25, 0.3) is 5.56 Å². The molecule has 1 fully saturated rings. The molecule has 0 aliphatic carbocycles. The van der Waals surface area contributed by atoms with Crippen LogP contribution in [-0.2, 0) is 11.3 Å². The Kier molecular flexibility index (Phi) is 6.58. The Morgan fingerprint density at radius 3 is 2.38 bits per heavy atom. The third-order valence-electron chi connectivity index (χ3n) is 5.87. The molecule has 0 N–H and O–H groups in total. The number of carbonyl (C=O) groups is 1. The van der Waals surface area contributed by atoms with E-state index >= 15 is 0 Å². The second-order valence-electron chi connectivity index (χ2n) is 7.77. The molecule has 0 radical (unpaired) electrons. The number of piperazine rings is 1. The summed E-state index contributed by atoms with van der Waals surface area (Å²) in [7, 11) is 3.08. The molecular formula is C24H28N4O4. The van der Waals surface area contributed by atoms with Crippen molar-refractivity contribution < 1.29 is 14.3 Å². The van der Waals surface area contributed by atoms with Crippen LogP contribution in [0.4, 0.5) is 5.69 Å². The average molecular weight is 437 g/mol. The number of carbonyl (C=O) groups excluding carboxylic acids is 1. The lowest BCUT2D eigenvalue weighted by Gasteiger charge is -2.36. The van der Waals surface area contributed by atoms with Crippen molar-refractivity contribution in [3.8, 4) is 11.5 Å². The first kappa shape index (κ1) is 21.7. The smallest absolute Gasteiger partial charge is 0.261 e. The lowest BCUT2D eigenvalue weighted by atomic mass is 10.2. The van der Waals surface area contributed by atoms with Crippen molar-refractivity contribution in [1.29, 1.82) is 0 Å². The maximum Gasteiger partial charge on any atom is 0.261 e. The largest absolute Gasteiger partial charge is 0.493 e. The molecule has 4 rings (SSSR count). The van der Waals surface area contributed by atoms with E-state index in [1.165, 1.54) is 19.1 Å². The van der Waals surface area contributed by atoms with Gasteiger partial charge in [-0.3, -0.25) is 14.2 Å². The molecule has 1 aromatic heterocycles. The highest BCUT2D eigenvalue weighted by atomic mass is 16.5. The number of methoxy groups -OCH3 is 2. The van der Waals surface area contributed by atoms with Crippen molar-refractivity contribution in [2.45, 2.75) is 19.4 Å². The van der Waals surface area contributed by atoms with Crippen molar-refractivity contribution in [2.75, 3.05) is 45.3 Å². The highest BCUT2D eigenvalue weighted by molar-refractivity contribution is 5.81. The lowest BCUT2D eigenvalue weighted by Crippen LogP contribution is -2.48. The monoisotopic (exact) mass is 436 g/mol. The van der Waals surface area contributed by atoms with Crippen molar-refractivity contribution >= 4 is 22.5 Å². The van der Waals surface area contributed by atoms with Crippen molar-refractivity contribution in [3.05, 3.63) is 59.1 Å². The molecule has 168 valence electrons. The Morgan fingerprint density at radius 2 is 1.69 bits per heavy atom. The van der Waals surface area contributed by atoms with E-state index in [0.717, 1.165) is 13.1 Å². The number of fused-ring (bicyclic) bond motifs is 1. The first-order valence-corrected chi connectivity index (χ1v) is 10.8. The van der Waals surface area contributed by atoms with E-state index in [4.69, 9.17) is 9.47 Å².